The van der Waals surface area contributed by atoms with Crippen molar-refractivity contribution in [1.29, 1.82) is 0 Å². The van der Waals surface area contributed by atoms with Gasteiger partial charge in [0.2, 0.25) is 0 Å². The van der Waals surface area contributed by atoms with Gasteiger partial charge in [0.05, 0.1) is 21.5 Å². The number of benzene rings is 1. The van der Waals surface area contributed by atoms with Crippen LogP contribution in [0.4, 0.5) is 11.4 Å². The van der Waals surface area contributed by atoms with Gasteiger partial charge in [0, 0.05) is 30.9 Å². The highest BCUT2D eigenvalue weighted by Crippen LogP contribution is 2.25. The maximum atomic E-state index is 11.1. The fourth-order valence-electron chi connectivity index (χ4n) is 1.61. The summed E-state index contributed by atoms with van der Waals surface area (Å²) in [6.07, 6.45) is 0. The fraction of sp³-hybridized carbons (Fsp3) is 0.364. The molecule has 8 nitrogen and oxygen atoms in total. The van der Waals surface area contributed by atoms with Crippen LogP contribution in [0.25, 0.3) is 0 Å². The number of hydrazine groups is 1. The summed E-state index contributed by atoms with van der Waals surface area (Å²) in [4.78, 5) is 20.4. The van der Waals surface area contributed by atoms with Crippen molar-refractivity contribution < 1.29 is 9.85 Å². The number of hydrogen-bond acceptors (Lipinski definition) is 6. The second-order valence-corrected chi connectivity index (χ2v) is 5.19. The second kappa shape index (κ2) is 8.79. The Bertz CT molecular complexity index is 581. The van der Waals surface area contributed by atoms with Gasteiger partial charge in [-0.3, -0.25) is 20.2 Å². The van der Waals surface area contributed by atoms with Crippen LogP contribution in [0.3, 0.4) is 0 Å². The van der Waals surface area contributed by atoms with Gasteiger partial charge in [0.1, 0.15) is 4.99 Å². The summed E-state index contributed by atoms with van der Waals surface area (Å²) in [7, 11) is 0. The van der Waals surface area contributed by atoms with E-state index < -0.39 is 15.5 Å². The standard InChI is InChI=1S/C11H12Cl2N4O4S/c12-3-5-15(6-4-13)14-11(22)9-2-1-8(16(18)19)7-10(9)17(20)21/h1-2,7H,3-6H2,(H,14,22). The molecule has 0 aliphatic heterocycles. The van der Waals surface area contributed by atoms with E-state index in [2.05, 4.69) is 5.43 Å². The monoisotopic (exact) mass is 366 g/mol. The Balaban J connectivity index is 3.06. The van der Waals surface area contributed by atoms with E-state index in [-0.39, 0.29) is 16.2 Å². The summed E-state index contributed by atoms with van der Waals surface area (Å²) >= 11 is 16.4. The molecule has 1 N–H and O–H groups in total. The summed E-state index contributed by atoms with van der Waals surface area (Å²) in [6.45, 7) is 0.852. The molecule has 11 heteroatoms. The van der Waals surface area contributed by atoms with E-state index in [0.717, 1.165) is 12.1 Å². The van der Waals surface area contributed by atoms with Gasteiger partial charge >= 0.3 is 0 Å². The van der Waals surface area contributed by atoms with E-state index in [1.54, 1.807) is 5.01 Å². The average molecular weight is 367 g/mol. The molecule has 0 amide bonds. The van der Waals surface area contributed by atoms with Gasteiger partial charge < -0.3 is 5.43 Å². The van der Waals surface area contributed by atoms with Gasteiger partial charge in [-0.25, -0.2) is 5.01 Å². The highest BCUT2D eigenvalue weighted by Gasteiger charge is 2.22. The third-order valence-corrected chi connectivity index (χ3v) is 3.25. The number of halogens is 2. The zero-order valence-electron chi connectivity index (χ0n) is 11.2. The number of non-ortho nitro benzene ring substituents is 1. The zero-order chi connectivity index (χ0) is 16.7. The van der Waals surface area contributed by atoms with Crippen LogP contribution in [0, 0.1) is 20.2 Å². The van der Waals surface area contributed by atoms with E-state index in [9.17, 15) is 20.2 Å². The first-order valence-corrected chi connectivity index (χ1v) is 7.49. The normalized spacial score (nSPS) is 10.5. The first-order chi connectivity index (χ1) is 10.4. The van der Waals surface area contributed by atoms with Gasteiger partial charge in [-0.05, 0) is 6.07 Å². The maximum absolute atomic E-state index is 11.1. The predicted octanol–water partition coefficient (Wildman–Crippen LogP) is 2.46. The van der Waals surface area contributed by atoms with Gasteiger partial charge in [0.15, 0.2) is 0 Å². The van der Waals surface area contributed by atoms with Crippen molar-refractivity contribution in [3.8, 4) is 0 Å². The van der Waals surface area contributed by atoms with Crippen LogP contribution >= 0.6 is 35.4 Å². The molecule has 0 saturated carbocycles. The molecular formula is C11H12Cl2N4O4S. The molecule has 120 valence electrons. The third-order valence-electron chi connectivity index (χ3n) is 2.60. The highest BCUT2D eigenvalue weighted by molar-refractivity contribution is 7.80. The number of nitrogens with one attached hydrogen (secondary N) is 1. The molecule has 0 radical (unpaired) electrons. The summed E-state index contributed by atoms with van der Waals surface area (Å²) in [5, 5.41) is 23.4. The molecule has 0 saturated heterocycles. The molecule has 1 rings (SSSR count). The molecule has 0 bridgehead atoms. The lowest BCUT2D eigenvalue weighted by molar-refractivity contribution is -0.394. The van der Waals surface area contributed by atoms with Crippen molar-refractivity contribution >= 4 is 51.8 Å². The molecule has 0 spiro atoms. The van der Waals surface area contributed by atoms with E-state index in [1.165, 1.54) is 6.07 Å². The molecule has 0 aliphatic carbocycles. The molecule has 0 aromatic heterocycles. The van der Waals surface area contributed by atoms with Crippen molar-refractivity contribution in [1.82, 2.24) is 10.4 Å². The minimum atomic E-state index is -0.719. The van der Waals surface area contributed by atoms with Gasteiger partial charge in [-0.15, -0.1) is 23.2 Å². The van der Waals surface area contributed by atoms with E-state index in [0.29, 0.717) is 24.8 Å². The SMILES string of the molecule is O=[N+]([O-])c1ccc(C(=S)NN(CCCl)CCCl)c([N+](=O)[O-])c1. The Hall–Kier alpha value is -1.55. The third kappa shape index (κ3) is 5.02. The minimum Gasteiger partial charge on any atom is -0.309 e. The first kappa shape index (κ1) is 18.5. The second-order valence-electron chi connectivity index (χ2n) is 4.02. The number of nitrogens with zero attached hydrogens (tertiary/aromatic N) is 3. The number of nitro benzene ring substituents is 2. The Morgan fingerprint density at radius 1 is 1.18 bits per heavy atom. The topological polar surface area (TPSA) is 102 Å². The summed E-state index contributed by atoms with van der Waals surface area (Å²) < 4.78 is 0. The maximum Gasteiger partial charge on any atom is 0.286 e. The summed E-state index contributed by atoms with van der Waals surface area (Å²) in [5.74, 6) is 0.629. The van der Waals surface area contributed by atoms with Crippen LogP contribution in [0.1, 0.15) is 5.56 Å². The molecule has 22 heavy (non-hydrogen) atoms. The number of nitro groups is 2. The van der Waals surface area contributed by atoms with E-state index in [1.807, 2.05) is 0 Å². The van der Waals surface area contributed by atoms with Crippen molar-refractivity contribution in [3.05, 3.63) is 44.0 Å². The largest absolute Gasteiger partial charge is 0.309 e. The lowest BCUT2D eigenvalue weighted by Gasteiger charge is -2.22. The van der Waals surface area contributed by atoms with E-state index in [4.69, 9.17) is 35.4 Å². The number of alkyl halides is 2. The Kier molecular flexibility index (Phi) is 7.39. The molecule has 0 aliphatic rings. The van der Waals surface area contributed by atoms with Gasteiger partial charge in [-0.1, -0.05) is 12.2 Å². The fourth-order valence-corrected chi connectivity index (χ4v) is 2.32. The lowest BCUT2D eigenvalue weighted by atomic mass is 10.1. The molecule has 0 heterocycles. The van der Waals surface area contributed by atoms with Crippen molar-refractivity contribution in [2.75, 3.05) is 24.8 Å². The molecule has 0 fully saturated rings. The highest BCUT2D eigenvalue weighted by atomic mass is 35.5. The van der Waals surface area contributed by atoms with Gasteiger partial charge in [0.25, 0.3) is 11.4 Å². The number of rotatable bonds is 8. The molecule has 1 aromatic rings. The predicted molar refractivity (Wildman–Crippen MR) is 87.6 cm³/mol. The molecule has 1 aromatic carbocycles. The molecule has 0 unspecified atom stereocenters. The van der Waals surface area contributed by atoms with Crippen LogP contribution in [-0.2, 0) is 0 Å². The number of thiocarbonyl (C=S) groups is 1. The van der Waals surface area contributed by atoms with Crippen LogP contribution < -0.4 is 5.43 Å². The Labute approximate surface area is 141 Å². The average Bonchev–Trinajstić information content (AvgIpc) is 2.46. The van der Waals surface area contributed by atoms with E-state index >= 15 is 0 Å². The van der Waals surface area contributed by atoms with Crippen molar-refractivity contribution in [3.63, 3.8) is 0 Å². The Morgan fingerprint density at radius 2 is 1.77 bits per heavy atom. The quantitative estimate of drug-likeness (QED) is 0.326. The lowest BCUT2D eigenvalue weighted by Crippen LogP contribution is -2.44. The molecule has 0 atom stereocenters. The first-order valence-electron chi connectivity index (χ1n) is 6.01. The summed E-state index contributed by atoms with van der Waals surface area (Å²) in [6, 6.07) is 3.27. The van der Waals surface area contributed by atoms with Crippen LogP contribution in [0.2, 0.25) is 0 Å². The van der Waals surface area contributed by atoms with Crippen LogP contribution in [-0.4, -0.2) is 44.7 Å². The zero-order valence-corrected chi connectivity index (χ0v) is 13.5. The minimum absolute atomic E-state index is 0.0665. The van der Waals surface area contributed by atoms with Crippen molar-refractivity contribution in [2.45, 2.75) is 0 Å². The molecular weight excluding hydrogens is 355 g/mol. The van der Waals surface area contributed by atoms with Gasteiger partial charge in [-0.2, -0.15) is 0 Å². The summed E-state index contributed by atoms with van der Waals surface area (Å²) in [5.41, 5.74) is 2.06. The van der Waals surface area contributed by atoms with Crippen LogP contribution in [0.5, 0.6) is 0 Å². The van der Waals surface area contributed by atoms with Crippen LogP contribution in [0.15, 0.2) is 18.2 Å². The van der Waals surface area contributed by atoms with Crippen molar-refractivity contribution in [2.24, 2.45) is 0 Å². The number of hydrogen-bond donors (Lipinski definition) is 1. The smallest absolute Gasteiger partial charge is 0.286 e. The Morgan fingerprint density at radius 3 is 2.23 bits per heavy atom.